The van der Waals surface area contributed by atoms with E-state index < -0.39 is 0 Å². The zero-order valence-corrected chi connectivity index (χ0v) is 19.8. The number of anilines is 1. The molecule has 33 heavy (non-hydrogen) atoms. The molecule has 3 aromatic rings. The number of piperazine rings is 1. The summed E-state index contributed by atoms with van der Waals surface area (Å²) in [6, 6.07) is 16.0. The van der Waals surface area contributed by atoms with Crippen LogP contribution in [0.1, 0.15) is 34.5 Å². The van der Waals surface area contributed by atoms with Crippen molar-refractivity contribution in [3.05, 3.63) is 77.6 Å². The van der Waals surface area contributed by atoms with Crippen molar-refractivity contribution in [2.45, 2.75) is 19.9 Å². The number of hydrogen-bond donors (Lipinski definition) is 1. The van der Waals surface area contributed by atoms with Gasteiger partial charge >= 0.3 is 0 Å². The molecule has 4 rings (SSSR count). The second-order valence-electron chi connectivity index (χ2n) is 8.68. The van der Waals surface area contributed by atoms with E-state index in [0.29, 0.717) is 0 Å². The van der Waals surface area contributed by atoms with Crippen LogP contribution in [0.5, 0.6) is 5.75 Å². The molecule has 0 radical (unpaired) electrons. The number of nitrogens with one attached hydrogen (secondary N) is 1. The fourth-order valence-corrected chi connectivity index (χ4v) is 4.23. The predicted molar refractivity (Wildman–Crippen MR) is 133 cm³/mol. The summed E-state index contributed by atoms with van der Waals surface area (Å²) in [5.41, 5.74) is 5.83. The molecule has 2 heterocycles. The van der Waals surface area contributed by atoms with Crippen LogP contribution in [0.15, 0.2) is 60.9 Å². The number of carbonyl (C=O) groups is 1. The Balaban J connectivity index is 1.54. The highest BCUT2D eigenvalue weighted by atomic mass is 16.5. The van der Waals surface area contributed by atoms with Gasteiger partial charge < -0.3 is 19.9 Å². The van der Waals surface area contributed by atoms with Crippen LogP contribution < -0.4 is 15.0 Å². The zero-order valence-electron chi connectivity index (χ0n) is 19.8. The molecule has 0 bridgehead atoms. The quantitative estimate of drug-likeness (QED) is 0.614. The van der Waals surface area contributed by atoms with Crippen LogP contribution in [0, 0.1) is 6.92 Å². The number of pyridine rings is 1. The zero-order chi connectivity index (χ0) is 23.4. The molecule has 2 aromatic carbocycles. The molecule has 0 spiro atoms. The third-order valence-corrected chi connectivity index (χ3v) is 6.40. The molecule has 1 fully saturated rings. The smallest absolute Gasteiger partial charge is 0.252 e. The van der Waals surface area contributed by atoms with Gasteiger partial charge in [-0.15, -0.1) is 0 Å². The summed E-state index contributed by atoms with van der Waals surface area (Å²) < 4.78 is 5.56. The lowest BCUT2D eigenvalue weighted by molar-refractivity contribution is 0.0939. The molecule has 1 saturated heterocycles. The molecular formula is C27H32N4O2. The first-order valence-electron chi connectivity index (χ1n) is 11.4. The molecule has 6 heteroatoms. The average molecular weight is 445 g/mol. The van der Waals surface area contributed by atoms with E-state index in [2.05, 4.69) is 39.3 Å². The van der Waals surface area contributed by atoms with Gasteiger partial charge in [-0.1, -0.05) is 12.1 Å². The minimum atomic E-state index is -0.157. The van der Waals surface area contributed by atoms with E-state index in [-0.39, 0.29) is 11.9 Å². The normalized spacial score (nSPS) is 15.2. The number of methoxy groups -OCH3 is 1. The number of rotatable bonds is 6. The van der Waals surface area contributed by atoms with Crippen molar-refractivity contribution in [2.75, 3.05) is 45.2 Å². The number of likely N-dealkylation sites (N-methyl/N-ethyl adjacent to an activating group) is 1. The molecule has 6 nitrogen and oxygen atoms in total. The van der Waals surface area contributed by atoms with Crippen molar-refractivity contribution in [1.29, 1.82) is 0 Å². The van der Waals surface area contributed by atoms with Gasteiger partial charge in [-0.2, -0.15) is 0 Å². The van der Waals surface area contributed by atoms with Crippen molar-refractivity contribution in [3.63, 3.8) is 0 Å². The Morgan fingerprint density at radius 1 is 1.03 bits per heavy atom. The Hall–Kier alpha value is -3.38. The van der Waals surface area contributed by atoms with Crippen molar-refractivity contribution in [3.8, 4) is 16.9 Å². The van der Waals surface area contributed by atoms with Gasteiger partial charge in [0, 0.05) is 55.4 Å². The largest absolute Gasteiger partial charge is 0.496 e. The fraction of sp³-hybridized carbons (Fsp3) is 0.333. The number of hydrogen-bond acceptors (Lipinski definition) is 5. The number of aromatic nitrogens is 1. The van der Waals surface area contributed by atoms with Crippen LogP contribution in [-0.2, 0) is 0 Å². The Labute approximate surface area is 196 Å². The lowest BCUT2D eigenvalue weighted by atomic mass is 9.99. The Morgan fingerprint density at radius 2 is 1.76 bits per heavy atom. The monoisotopic (exact) mass is 444 g/mol. The third kappa shape index (κ3) is 5.17. The number of aryl methyl sites for hydroxylation is 1. The Bertz CT molecular complexity index is 1110. The van der Waals surface area contributed by atoms with Gasteiger partial charge in [0.1, 0.15) is 5.75 Å². The van der Waals surface area contributed by atoms with Gasteiger partial charge in [0.25, 0.3) is 5.91 Å². The summed E-state index contributed by atoms with van der Waals surface area (Å²) in [6.07, 6.45) is 3.53. The van der Waals surface area contributed by atoms with Crippen molar-refractivity contribution < 1.29 is 9.53 Å². The molecule has 0 unspecified atom stereocenters. The van der Waals surface area contributed by atoms with Crippen LogP contribution in [0.2, 0.25) is 0 Å². The van der Waals surface area contributed by atoms with Gasteiger partial charge in [-0.3, -0.25) is 9.78 Å². The molecule has 1 amide bonds. The van der Waals surface area contributed by atoms with Crippen LogP contribution in [0.3, 0.4) is 0 Å². The topological polar surface area (TPSA) is 57.7 Å². The summed E-state index contributed by atoms with van der Waals surface area (Å²) in [4.78, 5) is 22.0. The molecule has 1 aromatic heterocycles. The van der Waals surface area contributed by atoms with E-state index in [4.69, 9.17) is 4.74 Å². The Morgan fingerprint density at radius 3 is 2.45 bits per heavy atom. The molecule has 172 valence electrons. The predicted octanol–water partition coefficient (Wildman–Crippen LogP) is 4.31. The van der Waals surface area contributed by atoms with E-state index in [1.807, 2.05) is 50.2 Å². The second-order valence-corrected chi connectivity index (χ2v) is 8.68. The summed E-state index contributed by atoms with van der Waals surface area (Å²) in [6.45, 7) is 8.01. The summed E-state index contributed by atoms with van der Waals surface area (Å²) in [5.74, 6) is 0.733. The molecule has 1 atom stereocenters. The molecule has 1 aliphatic rings. The van der Waals surface area contributed by atoms with Gasteiger partial charge in [0.15, 0.2) is 0 Å². The molecular weight excluding hydrogens is 412 g/mol. The first-order valence-corrected chi connectivity index (χ1v) is 11.4. The van der Waals surface area contributed by atoms with Crippen LogP contribution >= 0.6 is 0 Å². The first kappa shape index (κ1) is 22.8. The second kappa shape index (κ2) is 10.0. The van der Waals surface area contributed by atoms with E-state index in [9.17, 15) is 4.79 Å². The third-order valence-electron chi connectivity index (χ3n) is 6.40. The van der Waals surface area contributed by atoms with Crippen LogP contribution in [0.25, 0.3) is 11.1 Å². The number of amides is 1. The summed E-state index contributed by atoms with van der Waals surface area (Å²) in [5, 5.41) is 3.19. The maximum atomic E-state index is 13.2. The first-order chi connectivity index (χ1) is 16.0. The Kier molecular flexibility index (Phi) is 6.94. The molecule has 0 saturated carbocycles. The number of ether oxygens (including phenoxy) is 1. The number of carbonyl (C=O) groups excluding carboxylic acids is 1. The number of benzene rings is 2. The van der Waals surface area contributed by atoms with Crippen molar-refractivity contribution in [1.82, 2.24) is 15.2 Å². The van der Waals surface area contributed by atoms with Crippen molar-refractivity contribution >= 4 is 11.6 Å². The SMILES string of the molecule is COc1ccc([C@@H](C)NC(=O)c2cc(N3CCN(C)CC3)ccc2C)cc1-c1ccncc1. The highest BCUT2D eigenvalue weighted by Crippen LogP contribution is 2.32. The molecule has 1 N–H and O–H groups in total. The minimum Gasteiger partial charge on any atom is -0.496 e. The standard InChI is InChI=1S/C27H32N4O2/c1-19-5-7-23(31-15-13-30(3)14-16-31)18-24(19)27(32)29-20(2)22-6-8-26(33-4)25(17-22)21-9-11-28-12-10-21/h5-12,17-18,20H,13-16H2,1-4H3,(H,29,32)/t20-/m1/s1. The maximum absolute atomic E-state index is 13.2. The van der Waals surface area contributed by atoms with Crippen LogP contribution in [0.4, 0.5) is 5.69 Å². The minimum absolute atomic E-state index is 0.0581. The van der Waals surface area contributed by atoms with E-state index in [0.717, 1.165) is 65.4 Å². The van der Waals surface area contributed by atoms with Gasteiger partial charge in [0.2, 0.25) is 0 Å². The summed E-state index contributed by atoms with van der Waals surface area (Å²) in [7, 11) is 3.81. The van der Waals surface area contributed by atoms with E-state index >= 15 is 0 Å². The lowest BCUT2D eigenvalue weighted by Crippen LogP contribution is -2.44. The highest BCUT2D eigenvalue weighted by Gasteiger charge is 2.19. The van der Waals surface area contributed by atoms with E-state index in [1.165, 1.54) is 0 Å². The highest BCUT2D eigenvalue weighted by molar-refractivity contribution is 5.97. The van der Waals surface area contributed by atoms with Gasteiger partial charge in [-0.05, 0) is 74.0 Å². The fourth-order valence-electron chi connectivity index (χ4n) is 4.23. The average Bonchev–Trinajstić information content (AvgIpc) is 2.85. The van der Waals surface area contributed by atoms with Gasteiger partial charge in [-0.25, -0.2) is 0 Å². The van der Waals surface area contributed by atoms with Crippen molar-refractivity contribution in [2.24, 2.45) is 0 Å². The van der Waals surface area contributed by atoms with E-state index in [1.54, 1.807) is 19.5 Å². The summed E-state index contributed by atoms with van der Waals surface area (Å²) >= 11 is 0. The van der Waals surface area contributed by atoms with Gasteiger partial charge in [0.05, 0.1) is 13.2 Å². The maximum Gasteiger partial charge on any atom is 0.252 e. The lowest BCUT2D eigenvalue weighted by Gasteiger charge is -2.34. The van der Waals surface area contributed by atoms with Crippen LogP contribution in [-0.4, -0.2) is 56.1 Å². The molecule has 0 aliphatic carbocycles. The molecule has 1 aliphatic heterocycles. The number of nitrogens with zero attached hydrogens (tertiary/aromatic N) is 3.